The minimum absolute atomic E-state index is 0.301. The lowest BCUT2D eigenvalue weighted by atomic mass is 10.1. The van der Waals surface area contributed by atoms with Gasteiger partial charge in [0.25, 0.3) is 0 Å². The average Bonchev–Trinajstić information content (AvgIpc) is 2.12. The maximum Gasteiger partial charge on any atom is 0.107 e. The van der Waals surface area contributed by atoms with Crippen molar-refractivity contribution in [3.8, 4) is 0 Å². The number of hydrogen-bond donors (Lipinski definition) is 1. The van der Waals surface area contributed by atoms with Crippen LogP contribution < -0.4 is 0 Å². The second kappa shape index (κ2) is 2.90. The third-order valence-electron chi connectivity index (χ3n) is 1.14. The lowest BCUT2D eigenvalue weighted by Gasteiger charge is -2.12. The normalized spacial score (nSPS) is 11.9. The predicted molar refractivity (Wildman–Crippen MR) is 50.4 cm³/mol. The van der Waals surface area contributed by atoms with Crippen LogP contribution >= 0.6 is 22.6 Å². The fourth-order valence-corrected chi connectivity index (χ4v) is 1.15. The van der Waals surface area contributed by atoms with E-state index in [1.54, 1.807) is 6.20 Å². The van der Waals surface area contributed by atoms with E-state index < -0.39 is 0 Å². The minimum atomic E-state index is 0.301. The SMILES string of the molecule is CC(C)(I)Cc1ncc[nH]1. The summed E-state index contributed by atoms with van der Waals surface area (Å²) in [5.41, 5.74) is 0. The third kappa shape index (κ3) is 2.68. The number of hydrogen-bond acceptors (Lipinski definition) is 1. The van der Waals surface area contributed by atoms with E-state index >= 15 is 0 Å². The second-order valence-electron chi connectivity index (χ2n) is 2.93. The summed E-state index contributed by atoms with van der Waals surface area (Å²) in [6.07, 6.45) is 4.65. The third-order valence-corrected chi connectivity index (χ3v) is 1.52. The van der Waals surface area contributed by atoms with Crippen molar-refractivity contribution in [2.45, 2.75) is 23.7 Å². The van der Waals surface area contributed by atoms with Gasteiger partial charge in [-0.3, -0.25) is 0 Å². The molecule has 1 aromatic heterocycles. The van der Waals surface area contributed by atoms with Crippen molar-refractivity contribution in [1.29, 1.82) is 0 Å². The summed E-state index contributed by atoms with van der Waals surface area (Å²) in [5.74, 6) is 1.07. The molecule has 10 heavy (non-hydrogen) atoms. The summed E-state index contributed by atoms with van der Waals surface area (Å²) < 4.78 is 0.301. The Morgan fingerprint density at radius 2 is 2.40 bits per heavy atom. The van der Waals surface area contributed by atoms with Crippen LogP contribution in [0.5, 0.6) is 0 Å². The maximum absolute atomic E-state index is 4.14. The average molecular weight is 250 g/mol. The molecule has 3 heteroatoms. The van der Waals surface area contributed by atoms with E-state index in [-0.39, 0.29) is 0 Å². The Kier molecular flexibility index (Phi) is 2.33. The number of rotatable bonds is 2. The van der Waals surface area contributed by atoms with Crippen LogP contribution in [0.4, 0.5) is 0 Å². The fraction of sp³-hybridized carbons (Fsp3) is 0.571. The first-order chi connectivity index (χ1) is 4.58. The molecule has 0 aliphatic rings. The number of H-pyrrole nitrogens is 1. The van der Waals surface area contributed by atoms with Crippen LogP contribution in [0.3, 0.4) is 0 Å². The molecule has 0 aromatic carbocycles. The molecule has 0 bridgehead atoms. The van der Waals surface area contributed by atoms with Crippen molar-refractivity contribution in [2.24, 2.45) is 0 Å². The molecular weight excluding hydrogens is 239 g/mol. The van der Waals surface area contributed by atoms with E-state index in [0.29, 0.717) is 3.42 Å². The maximum atomic E-state index is 4.14. The number of halogens is 1. The van der Waals surface area contributed by atoms with Crippen LogP contribution in [-0.2, 0) is 6.42 Å². The van der Waals surface area contributed by atoms with E-state index in [1.165, 1.54) is 0 Å². The van der Waals surface area contributed by atoms with E-state index in [0.717, 1.165) is 12.2 Å². The van der Waals surface area contributed by atoms with E-state index in [2.05, 4.69) is 46.4 Å². The van der Waals surface area contributed by atoms with Gasteiger partial charge in [0.05, 0.1) is 0 Å². The van der Waals surface area contributed by atoms with Crippen molar-refractivity contribution in [1.82, 2.24) is 9.97 Å². The number of alkyl halides is 1. The monoisotopic (exact) mass is 250 g/mol. The molecule has 1 N–H and O–H groups in total. The van der Waals surface area contributed by atoms with Crippen molar-refractivity contribution < 1.29 is 0 Å². The molecule has 0 aliphatic heterocycles. The van der Waals surface area contributed by atoms with Gasteiger partial charge in [-0.1, -0.05) is 36.4 Å². The molecule has 0 radical (unpaired) electrons. The van der Waals surface area contributed by atoms with Crippen LogP contribution in [0.25, 0.3) is 0 Å². The summed E-state index contributed by atoms with van der Waals surface area (Å²) in [6, 6.07) is 0. The molecule has 0 saturated heterocycles. The number of aromatic amines is 1. The van der Waals surface area contributed by atoms with Crippen LogP contribution in [0, 0.1) is 0 Å². The Morgan fingerprint density at radius 3 is 2.80 bits per heavy atom. The Morgan fingerprint density at radius 1 is 1.70 bits per heavy atom. The minimum Gasteiger partial charge on any atom is -0.349 e. The zero-order chi connectivity index (χ0) is 7.61. The van der Waals surface area contributed by atoms with Gasteiger partial charge in [0.1, 0.15) is 5.82 Å². The quantitative estimate of drug-likeness (QED) is 0.632. The van der Waals surface area contributed by atoms with Crippen molar-refractivity contribution >= 4 is 22.6 Å². The molecule has 0 amide bonds. The molecule has 0 spiro atoms. The van der Waals surface area contributed by atoms with Gasteiger partial charge >= 0.3 is 0 Å². The lowest BCUT2D eigenvalue weighted by molar-refractivity contribution is 0.714. The lowest BCUT2D eigenvalue weighted by Crippen LogP contribution is -2.13. The Labute approximate surface area is 74.6 Å². The molecule has 0 unspecified atom stereocenters. The topological polar surface area (TPSA) is 28.7 Å². The van der Waals surface area contributed by atoms with Gasteiger partial charge in [0.15, 0.2) is 0 Å². The zero-order valence-corrected chi connectivity index (χ0v) is 8.34. The molecule has 1 heterocycles. The number of imidazole rings is 1. The van der Waals surface area contributed by atoms with Crippen molar-refractivity contribution in [3.63, 3.8) is 0 Å². The largest absolute Gasteiger partial charge is 0.349 e. The number of nitrogens with one attached hydrogen (secondary N) is 1. The van der Waals surface area contributed by atoms with Crippen molar-refractivity contribution in [2.75, 3.05) is 0 Å². The summed E-state index contributed by atoms with van der Waals surface area (Å²) in [6.45, 7) is 4.38. The van der Waals surface area contributed by atoms with Gasteiger partial charge in [0.2, 0.25) is 0 Å². The van der Waals surface area contributed by atoms with E-state index in [4.69, 9.17) is 0 Å². The molecule has 2 nitrogen and oxygen atoms in total. The first-order valence-corrected chi connectivity index (χ1v) is 4.33. The number of nitrogens with zero attached hydrogens (tertiary/aromatic N) is 1. The summed E-state index contributed by atoms with van der Waals surface area (Å²) in [5, 5.41) is 0. The zero-order valence-electron chi connectivity index (χ0n) is 6.19. The highest BCUT2D eigenvalue weighted by atomic mass is 127. The van der Waals surface area contributed by atoms with Crippen LogP contribution in [0.1, 0.15) is 19.7 Å². The molecular formula is C7H11IN2. The standard InChI is InChI=1S/C7H11IN2/c1-7(2,8)5-6-9-3-4-10-6/h3-4H,5H2,1-2H3,(H,9,10). The highest BCUT2D eigenvalue weighted by Crippen LogP contribution is 2.20. The van der Waals surface area contributed by atoms with Gasteiger partial charge in [-0.2, -0.15) is 0 Å². The molecule has 1 aromatic rings. The van der Waals surface area contributed by atoms with Gasteiger partial charge in [-0.15, -0.1) is 0 Å². The highest BCUT2D eigenvalue weighted by molar-refractivity contribution is 14.1. The second-order valence-corrected chi connectivity index (χ2v) is 5.85. The number of aromatic nitrogens is 2. The van der Waals surface area contributed by atoms with Gasteiger partial charge in [-0.25, -0.2) is 4.98 Å². The smallest absolute Gasteiger partial charge is 0.107 e. The molecule has 0 aliphatic carbocycles. The Bertz CT molecular complexity index is 186. The first kappa shape index (κ1) is 8.04. The van der Waals surface area contributed by atoms with Crippen LogP contribution in [0.2, 0.25) is 0 Å². The summed E-state index contributed by atoms with van der Waals surface area (Å²) in [4.78, 5) is 7.22. The van der Waals surface area contributed by atoms with E-state index in [9.17, 15) is 0 Å². The Balaban J connectivity index is 2.57. The predicted octanol–water partition coefficient (Wildman–Crippen LogP) is 2.17. The van der Waals surface area contributed by atoms with E-state index in [1.807, 2.05) is 6.20 Å². The first-order valence-electron chi connectivity index (χ1n) is 3.25. The van der Waals surface area contributed by atoms with Crippen molar-refractivity contribution in [3.05, 3.63) is 18.2 Å². The molecule has 56 valence electrons. The summed E-state index contributed by atoms with van der Waals surface area (Å²) >= 11 is 2.42. The molecule has 1 rings (SSSR count). The van der Waals surface area contributed by atoms with Crippen LogP contribution in [0.15, 0.2) is 12.4 Å². The highest BCUT2D eigenvalue weighted by Gasteiger charge is 2.14. The van der Waals surface area contributed by atoms with Gasteiger partial charge in [-0.05, 0) is 0 Å². The van der Waals surface area contributed by atoms with Gasteiger partial charge < -0.3 is 4.98 Å². The van der Waals surface area contributed by atoms with Gasteiger partial charge in [0, 0.05) is 22.2 Å². The van der Waals surface area contributed by atoms with Crippen LogP contribution in [-0.4, -0.2) is 13.4 Å². The molecule has 0 fully saturated rings. The molecule has 0 atom stereocenters. The Hall–Kier alpha value is -0.0600. The molecule has 0 saturated carbocycles. The fourth-order valence-electron chi connectivity index (χ4n) is 0.793. The summed E-state index contributed by atoms with van der Waals surface area (Å²) in [7, 11) is 0.